The lowest BCUT2D eigenvalue weighted by molar-refractivity contribution is -0.274. The molecule has 6 nitrogen and oxygen atoms in total. The van der Waals surface area contributed by atoms with Crippen LogP contribution in [0.2, 0.25) is 0 Å². The van der Waals surface area contributed by atoms with Gasteiger partial charge in [-0.25, -0.2) is 0 Å². The number of nitrogens with one attached hydrogen (secondary N) is 1. The molecule has 1 N–H and O–H groups in total. The summed E-state index contributed by atoms with van der Waals surface area (Å²) in [6.45, 7) is 0. The normalized spacial score (nSPS) is 14.4. The highest BCUT2D eigenvalue weighted by atomic mass is 19.4. The molecule has 1 aliphatic carbocycles. The molecule has 1 saturated carbocycles. The van der Waals surface area contributed by atoms with Gasteiger partial charge in [0.15, 0.2) is 11.7 Å². The second-order valence-corrected chi connectivity index (χ2v) is 6.37. The largest absolute Gasteiger partial charge is 0.573 e. The number of benzene rings is 2. The van der Waals surface area contributed by atoms with Crippen molar-refractivity contribution >= 4 is 17.4 Å². The molecule has 1 fully saturated rings. The predicted molar refractivity (Wildman–Crippen MR) is 95.1 cm³/mol. The van der Waals surface area contributed by atoms with Crippen LogP contribution >= 0.6 is 0 Å². The zero-order valence-electron chi connectivity index (χ0n) is 14.9. The summed E-state index contributed by atoms with van der Waals surface area (Å²) < 4.78 is 45.8. The average Bonchev–Trinajstić information content (AvgIpc) is 3.49. The Morgan fingerprint density at radius 3 is 2.00 bits per heavy atom. The topological polar surface area (TPSA) is 88.4 Å². The second kappa shape index (κ2) is 8.22. The van der Waals surface area contributed by atoms with Crippen LogP contribution in [-0.2, 0) is 9.59 Å². The number of hydrogen-bond acceptors (Lipinski definition) is 5. The number of nitrogens with zero attached hydrogens (tertiary/aromatic N) is 1. The monoisotopic (exact) mass is 404 g/mol. The maximum atomic E-state index is 12.2. The number of halogens is 3. The smallest absolute Gasteiger partial charge is 0.457 e. The molecule has 0 aliphatic heterocycles. The van der Waals surface area contributed by atoms with E-state index in [0.717, 1.165) is 12.1 Å². The summed E-state index contributed by atoms with van der Waals surface area (Å²) in [6.07, 6.45) is -3.35. The molecule has 1 unspecified atom stereocenters. The third kappa shape index (κ3) is 5.72. The molecule has 0 heterocycles. The Morgan fingerprint density at radius 2 is 1.52 bits per heavy atom. The van der Waals surface area contributed by atoms with Crippen molar-refractivity contribution in [3.05, 3.63) is 48.5 Å². The molecule has 29 heavy (non-hydrogen) atoms. The Kier molecular flexibility index (Phi) is 5.73. The minimum Gasteiger partial charge on any atom is -0.457 e. The van der Waals surface area contributed by atoms with Crippen molar-refractivity contribution in [1.82, 2.24) is 0 Å². The quantitative estimate of drug-likeness (QED) is 0.690. The number of ether oxygens (including phenoxy) is 2. The van der Waals surface area contributed by atoms with Gasteiger partial charge in [0.05, 0.1) is 6.07 Å². The molecular weight excluding hydrogens is 389 g/mol. The number of rotatable bonds is 7. The molecule has 0 bridgehead atoms. The van der Waals surface area contributed by atoms with Crippen molar-refractivity contribution in [2.24, 2.45) is 11.8 Å². The van der Waals surface area contributed by atoms with Crippen LogP contribution in [0.1, 0.15) is 12.8 Å². The summed E-state index contributed by atoms with van der Waals surface area (Å²) in [6, 6.07) is 12.7. The average molecular weight is 404 g/mol. The van der Waals surface area contributed by atoms with Crippen molar-refractivity contribution < 1.29 is 32.2 Å². The lowest BCUT2D eigenvalue weighted by Crippen LogP contribution is -2.29. The summed E-state index contributed by atoms with van der Waals surface area (Å²) in [7, 11) is 0. The van der Waals surface area contributed by atoms with Gasteiger partial charge in [-0.3, -0.25) is 9.59 Å². The second-order valence-electron chi connectivity index (χ2n) is 6.37. The Morgan fingerprint density at radius 1 is 1.00 bits per heavy atom. The molecule has 3 rings (SSSR count). The number of ketones is 1. The molecule has 2 aromatic carbocycles. The number of carbonyl (C=O) groups is 2. The first-order valence-corrected chi connectivity index (χ1v) is 8.63. The van der Waals surface area contributed by atoms with E-state index < -0.39 is 18.2 Å². The fraction of sp³-hybridized carbons (Fsp3) is 0.250. The summed E-state index contributed by atoms with van der Waals surface area (Å²) in [5.41, 5.74) is 0.375. The maximum absolute atomic E-state index is 12.2. The number of hydrogen-bond donors (Lipinski definition) is 1. The summed E-state index contributed by atoms with van der Waals surface area (Å²) in [5.74, 6) is -2.28. The first-order chi connectivity index (χ1) is 13.7. The van der Waals surface area contributed by atoms with Crippen LogP contribution in [0.4, 0.5) is 18.9 Å². The molecular formula is C20H15F3N2O4. The highest BCUT2D eigenvalue weighted by molar-refractivity contribution is 6.10. The fourth-order valence-corrected chi connectivity index (χ4v) is 2.52. The van der Waals surface area contributed by atoms with Crippen molar-refractivity contribution in [3.8, 4) is 23.3 Å². The van der Waals surface area contributed by atoms with Crippen molar-refractivity contribution in [3.63, 3.8) is 0 Å². The number of nitriles is 1. The van der Waals surface area contributed by atoms with Gasteiger partial charge in [-0.1, -0.05) is 0 Å². The van der Waals surface area contributed by atoms with Gasteiger partial charge in [0.2, 0.25) is 5.91 Å². The van der Waals surface area contributed by atoms with E-state index in [2.05, 4.69) is 10.1 Å². The van der Waals surface area contributed by atoms with Crippen LogP contribution in [0.15, 0.2) is 48.5 Å². The molecule has 1 aliphatic rings. The van der Waals surface area contributed by atoms with E-state index in [1.54, 1.807) is 6.07 Å². The summed E-state index contributed by atoms with van der Waals surface area (Å²) in [5, 5.41) is 11.6. The number of Topliss-reactive ketones (excluding diaryl/α,β-unsaturated/α-hetero) is 1. The Balaban J connectivity index is 1.58. The van der Waals surface area contributed by atoms with Crippen molar-refractivity contribution in [1.29, 1.82) is 5.26 Å². The van der Waals surface area contributed by atoms with E-state index >= 15 is 0 Å². The minimum absolute atomic E-state index is 0.200. The van der Waals surface area contributed by atoms with Crippen LogP contribution in [0.25, 0.3) is 0 Å². The molecule has 0 saturated heterocycles. The van der Waals surface area contributed by atoms with E-state index in [-0.39, 0.29) is 23.2 Å². The highest BCUT2D eigenvalue weighted by Crippen LogP contribution is 2.33. The van der Waals surface area contributed by atoms with E-state index in [1.807, 2.05) is 0 Å². The Hall–Kier alpha value is -3.54. The number of amides is 1. The van der Waals surface area contributed by atoms with Crippen LogP contribution < -0.4 is 14.8 Å². The number of anilines is 1. The van der Waals surface area contributed by atoms with E-state index in [0.29, 0.717) is 24.3 Å². The van der Waals surface area contributed by atoms with Gasteiger partial charge in [0.25, 0.3) is 0 Å². The van der Waals surface area contributed by atoms with Gasteiger partial charge in [0.1, 0.15) is 17.2 Å². The van der Waals surface area contributed by atoms with Gasteiger partial charge in [-0.05, 0) is 61.4 Å². The molecule has 1 atom stereocenters. The Labute approximate surface area is 163 Å². The van der Waals surface area contributed by atoms with Crippen molar-refractivity contribution in [2.75, 3.05) is 5.32 Å². The number of carbonyl (C=O) groups excluding carboxylic acids is 2. The van der Waals surface area contributed by atoms with Gasteiger partial charge in [-0.2, -0.15) is 5.26 Å². The van der Waals surface area contributed by atoms with Gasteiger partial charge in [0, 0.05) is 11.6 Å². The van der Waals surface area contributed by atoms with Crippen LogP contribution in [0, 0.1) is 23.2 Å². The van der Waals surface area contributed by atoms with E-state index in [9.17, 15) is 22.8 Å². The molecule has 0 radical (unpaired) electrons. The third-order valence-electron chi connectivity index (χ3n) is 4.07. The van der Waals surface area contributed by atoms with Crippen LogP contribution in [0.3, 0.4) is 0 Å². The van der Waals surface area contributed by atoms with E-state index in [4.69, 9.17) is 10.00 Å². The minimum atomic E-state index is -4.77. The standard InChI is InChI=1S/C20H15F3N2O4/c21-20(22,23)29-16-9-7-15(8-10-16)28-14-5-3-13(4-6-14)25-19(27)17(11-24)18(26)12-1-2-12/h3-10,12,17H,1-2H2,(H,25,27). The zero-order chi connectivity index (χ0) is 21.0. The Bertz CT molecular complexity index is 930. The first kappa shape index (κ1) is 20.2. The maximum Gasteiger partial charge on any atom is 0.573 e. The zero-order valence-corrected chi connectivity index (χ0v) is 14.9. The molecule has 2 aromatic rings. The van der Waals surface area contributed by atoms with E-state index in [1.165, 1.54) is 36.4 Å². The third-order valence-corrected chi connectivity index (χ3v) is 4.07. The lowest BCUT2D eigenvalue weighted by Gasteiger charge is -2.11. The molecule has 0 aromatic heterocycles. The van der Waals surface area contributed by atoms with Gasteiger partial charge < -0.3 is 14.8 Å². The van der Waals surface area contributed by atoms with Crippen LogP contribution in [-0.4, -0.2) is 18.1 Å². The lowest BCUT2D eigenvalue weighted by atomic mass is 10.0. The summed E-state index contributed by atoms with van der Waals surface area (Å²) >= 11 is 0. The van der Waals surface area contributed by atoms with Gasteiger partial charge >= 0.3 is 6.36 Å². The SMILES string of the molecule is N#CC(C(=O)Nc1ccc(Oc2ccc(OC(F)(F)F)cc2)cc1)C(=O)C1CC1. The fourth-order valence-electron chi connectivity index (χ4n) is 2.52. The van der Waals surface area contributed by atoms with Crippen LogP contribution in [0.5, 0.6) is 17.2 Å². The molecule has 1 amide bonds. The first-order valence-electron chi connectivity index (χ1n) is 8.63. The highest BCUT2D eigenvalue weighted by Gasteiger charge is 2.38. The number of alkyl halides is 3. The molecule has 9 heteroatoms. The molecule has 0 spiro atoms. The summed E-state index contributed by atoms with van der Waals surface area (Å²) in [4.78, 5) is 24.1. The molecule has 150 valence electrons. The van der Waals surface area contributed by atoms with Gasteiger partial charge in [-0.15, -0.1) is 13.2 Å². The van der Waals surface area contributed by atoms with Crippen molar-refractivity contribution in [2.45, 2.75) is 19.2 Å². The predicted octanol–water partition coefficient (Wildman–Crippen LogP) is 4.43.